The van der Waals surface area contributed by atoms with E-state index in [9.17, 15) is 4.79 Å². The first kappa shape index (κ1) is 18.4. The van der Waals surface area contributed by atoms with Crippen LogP contribution in [0.5, 0.6) is 0 Å². The van der Waals surface area contributed by atoms with E-state index in [4.69, 9.17) is 4.42 Å². The molecule has 0 aromatic carbocycles. The number of amides is 1. The van der Waals surface area contributed by atoms with E-state index >= 15 is 0 Å². The van der Waals surface area contributed by atoms with Gasteiger partial charge in [0, 0.05) is 50.2 Å². The fourth-order valence-electron chi connectivity index (χ4n) is 3.67. The third kappa shape index (κ3) is 3.83. The number of aromatic nitrogens is 3. The molecule has 28 heavy (non-hydrogen) atoms. The molecule has 0 unspecified atom stereocenters. The summed E-state index contributed by atoms with van der Waals surface area (Å²) >= 11 is 0. The fourth-order valence-corrected chi connectivity index (χ4v) is 3.67. The third-order valence-corrected chi connectivity index (χ3v) is 5.31. The molecule has 0 aliphatic carbocycles. The van der Waals surface area contributed by atoms with Gasteiger partial charge in [-0.25, -0.2) is 4.98 Å². The van der Waals surface area contributed by atoms with Gasteiger partial charge < -0.3 is 14.2 Å². The highest BCUT2D eigenvalue weighted by atomic mass is 16.4. The van der Waals surface area contributed by atoms with Gasteiger partial charge in [0.05, 0.1) is 0 Å². The Morgan fingerprint density at radius 3 is 2.64 bits per heavy atom. The van der Waals surface area contributed by atoms with Crippen LogP contribution in [-0.4, -0.2) is 45.4 Å². The van der Waals surface area contributed by atoms with Crippen LogP contribution in [0.1, 0.15) is 31.0 Å². The molecule has 1 saturated heterocycles. The highest BCUT2D eigenvalue weighted by molar-refractivity contribution is 5.79. The van der Waals surface area contributed by atoms with Crippen molar-refractivity contribution in [1.29, 1.82) is 0 Å². The average molecular weight is 379 g/mol. The Morgan fingerprint density at radius 2 is 1.93 bits per heavy atom. The summed E-state index contributed by atoms with van der Waals surface area (Å²) < 4.78 is 5.86. The molecule has 3 aromatic heterocycles. The van der Waals surface area contributed by atoms with Gasteiger partial charge in [-0.2, -0.15) is 4.98 Å². The lowest BCUT2D eigenvalue weighted by Gasteiger charge is -2.33. The monoisotopic (exact) mass is 379 g/mol. The summed E-state index contributed by atoms with van der Waals surface area (Å²) in [5, 5.41) is 0. The Bertz CT molecular complexity index is 948. The summed E-state index contributed by atoms with van der Waals surface area (Å²) in [5.41, 5.74) is 3.37. The summed E-state index contributed by atoms with van der Waals surface area (Å²) in [6.07, 6.45) is 5.14. The van der Waals surface area contributed by atoms with Gasteiger partial charge in [0.1, 0.15) is 0 Å². The zero-order chi connectivity index (χ0) is 19.5. The number of piperidine rings is 1. The summed E-state index contributed by atoms with van der Waals surface area (Å²) in [6, 6.07) is 8.35. The second-order valence-corrected chi connectivity index (χ2v) is 7.24. The largest absolute Gasteiger partial charge is 0.422 e. The molecule has 7 nitrogen and oxygen atoms in total. The zero-order valence-electron chi connectivity index (χ0n) is 16.3. The van der Waals surface area contributed by atoms with Crippen LogP contribution in [0.3, 0.4) is 0 Å². The number of carbonyl (C=O) groups is 1. The number of hydrogen-bond donors (Lipinski definition) is 0. The fraction of sp³-hybridized carbons (Fsp3) is 0.429. The number of carbonyl (C=O) groups excluding carboxylic acids is 1. The lowest BCUT2D eigenvalue weighted by atomic mass is 9.95. The SMILES string of the molecule is CCN(Cc1ccncc1)C(=O)C1CCN(c2nc3nc(C)ccc3o2)CC1. The van der Waals surface area contributed by atoms with Crippen molar-refractivity contribution in [2.24, 2.45) is 5.92 Å². The number of nitrogens with zero attached hydrogens (tertiary/aromatic N) is 5. The number of aryl methyl sites for hydroxylation is 1. The normalized spacial score (nSPS) is 15.1. The summed E-state index contributed by atoms with van der Waals surface area (Å²) in [5.74, 6) is 0.275. The third-order valence-electron chi connectivity index (χ3n) is 5.31. The van der Waals surface area contributed by atoms with Gasteiger partial charge in [-0.1, -0.05) is 0 Å². The van der Waals surface area contributed by atoms with Gasteiger partial charge in [0.25, 0.3) is 6.01 Å². The first-order valence-corrected chi connectivity index (χ1v) is 9.81. The van der Waals surface area contributed by atoms with Gasteiger partial charge in [0.2, 0.25) is 11.6 Å². The average Bonchev–Trinajstić information content (AvgIpc) is 3.15. The molecular weight excluding hydrogens is 354 g/mol. The summed E-state index contributed by atoms with van der Waals surface area (Å²) in [4.78, 5) is 30.0. The van der Waals surface area contributed by atoms with Crippen LogP contribution in [0.15, 0.2) is 41.1 Å². The van der Waals surface area contributed by atoms with E-state index in [0.717, 1.165) is 37.2 Å². The second-order valence-electron chi connectivity index (χ2n) is 7.24. The second kappa shape index (κ2) is 7.96. The molecule has 4 heterocycles. The highest BCUT2D eigenvalue weighted by Crippen LogP contribution is 2.27. The number of oxazole rings is 1. The Labute approximate surface area is 164 Å². The number of rotatable bonds is 5. The van der Waals surface area contributed by atoms with Crippen LogP contribution < -0.4 is 4.90 Å². The van der Waals surface area contributed by atoms with Crippen molar-refractivity contribution < 1.29 is 9.21 Å². The molecule has 1 amide bonds. The minimum Gasteiger partial charge on any atom is -0.422 e. The van der Waals surface area contributed by atoms with Crippen molar-refractivity contribution in [1.82, 2.24) is 19.9 Å². The number of hydrogen-bond acceptors (Lipinski definition) is 6. The Balaban J connectivity index is 1.39. The van der Waals surface area contributed by atoms with E-state index < -0.39 is 0 Å². The molecular formula is C21H25N5O2. The lowest BCUT2D eigenvalue weighted by molar-refractivity contribution is -0.136. The quantitative estimate of drug-likeness (QED) is 0.678. The first-order chi connectivity index (χ1) is 13.6. The topological polar surface area (TPSA) is 75.4 Å². The maximum atomic E-state index is 13.0. The van der Waals surface area contributed by atoms with Crippen molar-refractivity contribution in [2.45, 2.75) is 33.2 Å². The molecule has 0 N–H and O–H groups in total. The Morgan fingerprint density at radius 1 is 1.18 bits per heavy atom. The molecule has 3 aromatic rings. The predicted octanol–water partition coefficient (Wildman–Crippen LogP) is 3.19. The van der Waals surface area contributed by atoms with E-state index in [-0.39, 0.29) is 11.8 Å². The lowest BCUT2D eigenvalue weighted by Crippen LogP contribution is -2.42. The van der Waals surface area contributed by atoms with E-state index in [0.29, 0.717) is 30.3 Å². The molecule has 146 valence electrons. The molecule has 0 atom stereocenters. The van der Waals surface area contributed by atoms with Crippen LogP contribution in [0.25, 0.3) is 11.2 Å². The molecule has 0 spiro atoms. The minimum absolute atomic E-state index is 0.0442. The minimum atomic E-state index is 0.0442. The van der Waals surface area contributed by atoms with E-state index in [1.165, 1.54) is 0 Å². The van der Waals surface area contributed by atoms with E-state index in [2.05, 4.69) is 19.9 Å². The van der Waals surface area contributed by atoms with E-state index in [1.807, 2.05) is 43.0 Å². The van der Waals surface area contributed by atoms with Crippen molar-refractivity contribution in [3.63, 3.8) is 0 Å². The van der Waals surface area contributed by atoms with Gasteiger partial charge in [-0.05, 0) is 56.5 Å². The smallest absolute Gasteiger partial charge is 0.299 e. The maximum Gasteiger partial charge on any atom is 0.299 e. The van der Waals surface area contributed by atoms with Crippen molar-refractivity contribution in [3.05, 3.63) is 47.9 Å². The highest BCUT2D eigenvalue weighted by Gasteiger charge is 2.29. The van der Waals surface area contributed by atoms with Crippen LogP contribution in [0.2, 0.25) is 0 Å². The van der Waals surface area contributed by atoms with Gasteiger partial charge in [-0.15, -0.1) is 0 Å². The van der Waals surface area contributed by atoms with Crippen molar-refractivity contribution >= 4 is 23.2 Å². The van der Waals surface area contributed by atoms with Crippen LogP contribution in [0, 0.1) is 12.8 Å². The molecule has 4 rings (SSSR count). The molecule has 7 heteroatoms. The molecule has 0 radical (unpaired) electrons. The standard InChI is InChI=1S/C21H25N5O2/c1-3-25(14-16-6-10-22-11-7-16)20(27)17-8-12-26(13-9-17)21-24-19-18(28-21)5-4-15(2)23-19/h4-7,10-11,17H,3,8-9,12-14H2,1-2H3. The summed E-state index contributed by atoms with van der Waals surface area (Å²) in [7, 11) is 0. The maximum absolute atomic E-state index is 13.0. The van der Waals surface area contributed by atoms with Crippen LogP contribution in [-0.2, 0) is 11.3 Å². The summed E-state index contributed by atoms with van der Waals surface area (Å²) in [6.45, 7) is 6.83. The van der Waals surface area contributed by atoms with Crippen molar-refractivity contribution in [3.8, 4) is 0 Å². The number of anilines is 1. The van der Waals surface area contributed by atoms with Gasteiger partial charge in [0.15, 0.2) is 5.58 Å². The van der Waals surface area contributed by atoms with Crippen LogP contribution in [0.4, 0.5) is 6.01 Å². The zero-order valence-corrected chi connectivity index (χ0v) is 16.3. The molecule has 1 aliphatic heterocycles. The molecule has 0 saturated carbocycles. The van der Waals surface area contributed by atoms with Crippen LogP contribution >= 0.6 is 0 Å². The molecule has 0 bridgehead atoms. The Kier molecular flexibility index (Phi) is 5.23. The number of pyridine rings is 2. The van der Waals surface area contributed by atoms with E-state index in [1.54, 1.807) is 12.4 Å². The van der Waals surface area contributed by atoms with Crippen molar-refractivity contribution in [2.75, 3.05) is 24.5 Å². The molecule has 1 fully saturated rings. The number of fused-ring (bicyclic) bond motifs is 1. The van der Waals surface area contributed by atoms with Gasteiger partial charge in [-0.3, -0.25) is 9.78 Å². The Hall–Kier alpha value is -2.96. The molecule has 1 aliphatic rings. The predicted molar refractivity (Wildman–Crippen MR) is 107 cm³/mol. The van der Waals surface area contributed by atoms with Gasteiger partial charge >= 0.3 is 0 Å². The first-order valence-electron chi connectivity index (χ1n) is 9.81.